The SMILES string of the molecule is COc1ccc(C=NNC(=O)CCC(=O)Nc2ccccc2Cl)cc1O. The summed E-state index contributed by atoms with van der Waals surface area (Å²) in [5.74, 6) is -0.416. The molecule has 2 amide bonds. The number of carbonyl (C=O) groups excluding carboxylic acids is 2. The molecule has 0 atom stereocenters. The van der Waals surface area contributed by atoms with Crippen LogP contribution in [0.25, 0.3) is 0 Å². The Balaban J connectivity index is 1.77. The van der Waals surface area contributed by atoms with Gasteiger partial charge in [-0.25, -0.2) is 5.43 Å². The summed E-state index contributed by atoms with van der Waals surface area (Å²) >= 11 is 5.95. The van der Waals surface area contributed by atoms with E-state index in [0.29, 0.717) is 22.0 Å². The quantitative estimate of drug-likeness (QED) is 0.511. The zero-order chi connectivity index (χ0) is 18.9. The van der Waals surface area contributed by atoms with Crippen LogP contribution in [0.15, 0.2) is 47.6 Å². The molecule has 3 N–H and O–H groups in total. The third-order valence-corrected chi connectivity index (χ3v) is 3.66. The number of nitrogens with zero attached hydrogens (tertiary/aromatic N) is 1. The van der Waals surface area contributed by atoms with Gasteiger partial charge in [-0.2, -0.15) is 5.10 Å². The van der Waals surface area contributed by atoms with Crippen LogP contribution in [0.1, 0.15) is 18.4 Å². The number of halogens is 1. The summed E-state index contributed by atoms with van der Waals surface area (Å²) in [5.41, 5.74) is 3.40. The molecule has 136 valence electrons. The summed E-state index contributed by atoms with van der Waals surface area (Å²) in [7, 11) is 1.45. The smallest absolute Gasteiger partial charge is 0.240 e. The van der Waals surface area contributed by atoms with Crippen molar-refractivity contribution in [3.8, 4) is 11.5 Å². The Morgan fingerprint density at radius 3 is 2.62 bits per heavy atom. The van der Waals surface area contributed by atoms with Crippen LogP contribution in [0.5, 0.6) is 11.5 Å². The fourth-order valence-corrected chi connectivity index (χ4v) is 2.21. The van der Waals surface area contributed by atoms with E-state index in [2.05, 4.69) is 15.8 Å². The highest BCUT2D eigenvalue weighted by Gasteiger charge is 2.08. The van der Waals surface area contributed by atoms with Crippen molar-refractivity contribution in [3.63, 3.8) is 0 Å². The highest BCUT2D eigenvalue weighted by molar-refractivity contribution is 6.33. The first kappa shape index (κ1) is 19.3. The van der Waals surface area contributed by atoms with E-state index in [-0.39, 0.29) is 24.5 Å². The third-order valence-electron chi connectivity index (χ3n) is 3.33. The lowest BCUT2D eigenvalue weighted by Crippen LogP contribution is -2.20. The number of hydrogen-bond donors (Lipinski definition) is 3. The van der Waals surface area contributed by atoms with Gasteiger partial charge in [0.15, 0.2) is 11.5 Å². The molecular formula is C18H18ClN3O4. The second kappa shape index (κ2) is 9.43. The van der Waals surface area contributed by atoms with Gasteiger partial charge in [0.25, 0.3) is 0 Å². The number of hydrogen-bond acceptors (Lipinski definition) is 5. The third kappa shape index (κ3) is 5.78. The maximum Gasteiger partial charge on any atom is 0.240 e. The molecule has 0 fully saturated rings. The second-order valence-electron chi connectivity index (χ2n) is 5.25. The predicted octanol–water partition coefficient (Wildman–Crippen LogP) is 2.92. The molecule has 0 aliphatic carbocycles. The number of methoxy groups -OCH3 is 1. The van der Waals surface area contributed by atoms with E-state index in [4.69, 9.17) is 16.3 Å². The number of aromatic hydroxyl groups is 1. The van der Waals surface area contributed by atoms with Gasteiger partial charge in [-0.15, -0.1) is 0 Å². The van der Waals surface area contributed by atoms with E-state index in [1.54, 1.807) is 36.4 Å². The largest absolute Gasteiger partial charge is 0.504 e. The average Bonchev–Trinajstić information content (AvgIpc) is 2.62. The van der Waals surface area contributed by atoms with Crippen molar-refractivity contribution >= 4 is 35.3 Å². The number of para-hydroxylation sites is 1. The molecule has 0 heterocycles. The summed E-state index contributed by atoms with van der Waals surface area (Å²) in [6.45, 7) is 0. The monoisotopic (exact) mass is 375 g/mol. The van der Waals surface area contributed by atoms with E-state index < -0.39 is 5.91 Å². The van der Waals surface area contributed by atoms with Crippen molar-refractivity contribution in [2.24, 2.45) is 5.10 Å². The molecule has 2 aromatic rings. The number of amides is 2. The van der Waals surface area contributed by atoms with Gasteiger partial charge in [0, 0.05) is 12.8 Å². The van der Waals surface area contributed by atoms with Crippen molar-refractivity contribution in [3.05, 3.63) is 53.1 Å². The molecule has 0 aliphatic heterocycles. The average molecular weight is 376 g/mol. The molecule has 0 aromatic heterocycles. The van der Waals surface area contributed by atoms with E-state index in [0.717, 1.165) is 0 Å². The Morgan fingerprint density at radius 2 is 1.92 bits per heavy atom. The molecule has 0 aliphatic rings. The van der Waals surface area contributed by atoms with Crippen LogP contribution in [-0.2, 0) is 9.59 Å². The van der Waals surface area contributed by atoms with Crippen LogP contribution in [-0.4, -0.2) is 30.2 Å². The molecule has 26 heavy (non-hydrogen) atoms. The molecule has 2 aromatic carbocycles. The number of carbonyl (C=O) groups is 2. The van der Waals surface area contributed by atoms with E-state index in [1.807, 2.05) is 0 Å². The first-order chi connectivity index (χ1) is 12.5. The molecule has 0 bridgehead atoms. The first-order valence-electron chi connectivity index (χ1n) is 7.73. The van der Waals surface area contributed by atoms with E-state index >= 15 is 0 Å². The normalized spacial score (nSPS) is 10.5. The molecule has 0 unspecified atom stereocenters. The lowest BCUT2D eigenvalue weighted by atomic mass is 10.2. The van der Waals surface area contributed by atoms with Crippen molar-refractivity contribution in [2.45, 2.75) is 12.8 Å². The Kier molecular flexibility index (Phi) is 6.99. The molecule has 0 saturated heterocycles. The van der Waals surface area contributed by atoms with E-state index in [9.17, 15) is 14.7 Å². The highest BCUT2D eigenvalue weighted by atomic mass is 35.5. The number of benzene rings is 2. The van der Waals surface area contributed by atoms with E-state index in [1.165, 1.54) is 19.4 Å². The number of anilines is 1. The molecule has 7 nitrogen and oxygen atoms in total. The molecule has 0 radical (unpaired) electrons. The van der Waals surface area contributed by atoms with Crippen LogP contribution in [0, 0.1) is 0 Å². The zero-order valence-corrected chi connectivity index (χ0v) is 14.8. The van der Waals surface area contributed by atoms with Crippen LogP contribution in [0.2, 0.25) is 5.02 Å². The van der Waals surface area contributed by atoms with Gasteiger partial charge in [-0.1, -0.05) is 23.7 Å². The lowest BCUT2D eigenvalue weighted by Gasteiger charge is -2.06. The van der Waals surface area contributed by atoms with Crippen LogP contribution >= 0.6 is 11.6 Å². The van der Waals surface area contributed by atoms with Gasteiger partial charge >= 0.3 is 0 Å². The highest BCUT2D eigenvalue weighted by Crippen LogP contribution is 2.25. The fourth-order valence-electron chi connectivity index (χ4n) is 2.02. The number of phenols is 1. The first-order valence-corrected chi connectivity index (χ1v) is 8.10. The Labute approximate surface area is 155 Å². The number of ether oxygens (including phenoxy) is 1. The predicted molar refractivity (Wildman–Crippen MR) is 99.7 cm³/mol. The minimum absolute atomic E-state index is 0.00407. The maximum atomic E-state index is 11.8. The molecule has 0 spiro atoms. The summed E-state index contributed by atoms with van der Waals surface area (Å²) in [5, 5.41) is 16.5. The summed E-state index contributed by atoms with van der Waals surface area (Å²) in [6.07, 6.45) is 1.35. The zero-order valence-electron chi connectivity index (χ0n) is 14.0. The van der Waals surface area contributed by atoms with Crippen molar-refractivity contribution < 1.29 is 19.4 Å². The number of nitrogens with one attached hydrogen (secondary N) is 2. The summed E-state index contributed by atoms with van der Waals surface area (Å²) in [4.78, 5) is 23.6. The summed E-state index contributed by atoms with van der Waals surface area (Å²) in [6, 6.07) is 11.5. The molecular weight excluding hydrogens is 358 g/mol. The Morgan fingerprint density at radius 1 is 1.19 bits per heavy atom. The van der Waals surface area contributed by atoms with Crippen molar-refractivity contribution in [2.75, 3.05) is 12.4 Å². The Bertz CT molecular complexity index is 824. The van der Waals surface area contributed by atoms with Crippen molar-refractivity contribution in [1.82, 2.24) is 5.43 Å². The fraction of sp³-hybridized carbons (Fsp3) is 0.167. The minimum Gasteiger partial charge on any atom is -0.504 e. The summed E-state index contributed by atoms with van der Waals surface area (Å²) < 4.78 is 4.94. The van der Waals surface area contributed by atoms with Crippen LogP contribution in [0.3, 0.4) is 0 Å². The Hall–Kier alpha value is -3.06. The topological polar surface area (TPSA) is 100 Å². The molecule has 2 rings (SSSR count). The van der Waals surface area contributed by atoms with Crippen LogP contribution < -0.4 is 15.5 Å². The van der Waals surface area contributed by atoms with Gasteiger partial charge in [0.1, 0.15) is 0 Å². The second-order valence-corrected chi connectivity index (χ2v) is 5.66. The number of rotatable bonds is 7. The maximum absolute atomic E-state index is 11.8. The van der Waals surface area contributed by atoms with Gasteiger partial charge < -0.3 is 15.2 Å². The van der Waals surface area contributed by atoms with Crippen molar-refractivity contribution in [1.29, 1.82) is 0 Å². The molecule has 8 heteroatoms. The van der Waals surface area contributed by atoms with Gasteiger partial charge in [-0.3, -0.25) is 9.59 Å². The standard InChI is InChI=1S/C18H18ClN3O4/c1-26-16-7-6-12(10-15(16)23)11-20-22-18(25)9-8-17(24)21-14-5-3-2-4-13(14)19/h2-7,10-11,23H,8-9H2,1H3,(H,21,24)(H,22,25). The van der Waals surface area contributed by atoms with Crippen LogP contribution in [0.4, 0.5) is 5.69 Å². The van der Waals surface area contributed by atoms with Gasteiger partial charge in [0.2, 0.25) is 11.8 Å². The minimum atomic E-state index is -0.409. The number of hydrazone groups is 1. The number of phenolic OH excluding ortho intramolecular Hbond substituents is 1. The lowest BCUT2D eigenvalue weighted by molar-refractivity contribution is -0.124. The van der Waals surface area contributed by atoms with Gasteiger partial charge in [-0.05, 0) is 35.9 Å². The van der Waals surface area contributed by atoms with Gasteiger partial charge in [0.05, 0.1) is 24.0 Å². The molecule has 0 saturated carbocycles.